The van der Waals surface area contributed by atoms with E-state index < -0.39 is 0 Å². The zero-order chi connectivity index (χ0) is 10.4. The average Bonchev–Trinajstić information content (AvgIpc) is 2.15. The Kier molecular flexibility index (Phi) is 4.02. The highest BCUT2D eigenvalue weighted by Gasteiger charge is 1.97. The second-order valence-corrected chi connectivity index (χ2v) is 3.49. The number of rotatable bonds is 4. The van der Waals surface area contributed by atoms with Crippen molar-refractivity contribution < 1.29 is 0 Å². The van der Waals surface area contributed by atoms with Gasteiger partial charge in [0.1, 0.15) is 0 Å². The number of azide groups is 1. The molecule has 0 bridgehead atoms. The summed E-state index contributed by atoms with van der Waals surface area (Å²) >= 11 is 0. The van der Waals surface area contributed by atoms with Gasteiger partial charge in [0.2, 0.25) is 0 Å². The molecular weight excluding hydrogens is 174 g/mol. The smallest absolute Gasteiger partial charge is 0.0261 e. The van der Waals surface area contributed by atoms with Crippen molar-refractivity contribution in [2.75, 3.05) is 6.54 Å². The van der Waals surface area contributed by atoms with E-state index in [0.29, 0.717) is 6.54 Å². The van der Waals surface area contributed by atoms with E-state index in [1.165, 1.54) is 16.7 Å². The number of hydrogen-bond acceptors (Lipinski definition) is 1. The van der Waals surface area contributed by atoms with Gasteiger partial charge in [0.05, 0.1) is 0 Å². The second kappa shape index (κ2) is 5.30. The number of nitrogens with zero attached hydrogens (tertiary/aromatic N) is 3. The van der Waals surface area contributed by atoms with Crippen molar-refractivity contribution in [1.29, 1.82) is 0 Å². The molecule has 0 unspecified atom stereocenters. The van der Waals surface area contributed by atoms with E-state index in [-0.39, 0.29) is 0 Å². The third-order valence-electron chi connectivity index (χ3n) is 2.27. The molecule has 0 spiro atoms. The Morgan fingerprint density at radius 1 is 1.36 bits per heavy atom. The van der Waals surface area contributed by atoms with Gasteiger partial charge in [-0.05, 0) is 43.3 Å². The lowest BCUT2D eigenvalue weighted by atomic mass is 10.0. The third-order valence-corrected chi connectivity index (χ3v) is 2.27. The normalized spacial score (nSPS) is 9.57. The lowest BCUT2D eigenvalue weighted by Crippen LogP contribution is -1.92. The lowest BCUT2D eigenvalue weighted by Gasteiger charge is -2.05. The molecule has 1 aromatic rings. The minimum atomic E-state index is 0.587. The van der Waals surface area contributed by atoms with E-state index in [1.54, 1.807) is 0 Å². The topological polar surface area (TPSA) is 48.8 Å². The fourth-order valence-electron chi connectivity index (χ4n) is 1.51. The molecule has 0 atom stereocenters. The summed E-state index contributed by atoms with van der Waals surface area (Å²) in [6, 6.07) is 6.46. The van der Waals surface area contributed by atoms with Crippen LogP contribution in [0.2, 0.25) is 0 Å². The third kappa shape index (κ3) is 3.11. The van der Waals surface area contributed by atoms with Crippen LogP contribution in [-0.4, -0.2) is 6.54 Å². The Bertz CT molecular complexity index is 352. The van der Waals surface area contributed by atoms with Crippen molar-refractivity contribution >= 4 is 0 Å². The molecule has 0 radical (unpaired) electrons. The molecule has 0 N–H and O–H groups in total. The summed E-state index contributed by atoms with van der Waals surface area (Å²) in [6.07, 6.45) is 1.92. The van der Waals surface area contributed by atoms with Crippen molar-refractivity contribution in [2.45, 2.75) is 26.7 Å². The molecule has 0 saturated heterocycles. The molecule has 0 aliphatic rings. The SMILES string of the molecule is Cc1ccc(CCCN=[N+]=[N-])c(C)c1. The average molecular weight is 189 g/mol. The molecule has 1 rings (SSSR count). The van der Waals surface area contributed by atoms with Crippen molar-refractivity contribution in [2.24, 2.45) is 5.11 Å². The first kappa shape index (κ1) is 10.6. The van der Waals surface area contributed by atoms with Crippen LogP contribution in [0.5, 0.6) is 0 Å². The molecule has 0 aliphatic carbocycles. The number of aryl methyl sites for hydroxylation is 3. The van der Waals surface area contributed by atoms with Gasteiger partial charge in [0.25, 0.3) is 0 Å². The maximum atomic E-state index is 8.11. The molecule has 0 heterocycles. The van der Waals surface area contributed by atoms with Gasteiger partial charge in [0.15, 0.2) is 0 Å². The van der Waals surface area contributed by atoms with Crippen molar-refractivity contribution in [3.63, 3.8) is 0 Å². The van der Waals surface area contributed by atoms with Gasteiger partial charge in [-0.2, -0.15) is 0 Å². The molecule has 3 heteroatoms. The van der Waals surface area contributed by atoms with E-state index in [4.69, 9.17) is 5.53 Å². The second-order valence-electron chi connectivity index (χ2n) is 3.49. The van der Waals surface area contributed by atoms with Crippen LogP contribution < -0.4 is 0 Å². The molecule has 14 heavy (non-hydrogen) atoms. The van der Waals surface area contributed by atoms with Crippen LogP contribution in [0.15, 0.2) is 23.3 Å². The molecule has 3 nitrogen and oxygen atoms in total. The maximum Gasteiger partial charge on any atom is 0.0261 e. The van der Waals surface area contributed by atoms with E-state index in [0.717, 1.165) is 12.8 Å². The first-order valence-corrected chi connectivity index (χ1v) is 4.81. The molecule has 74 valence electrons. The Morgan fingerprint density at radius 2 is 2.14 bits per heavy atom. The summed E-state index contributed by atoms with van der Waals surface area (Å²) in [6.45, 7) is 4.80. The molecule has 0 aromatic heterocycles. The van der Waals surface area contributed by atoms with Crippen LogP contribution in [0.4, 0.5) is 0 Å². The van der Waals surface area contributed by atoms with Gasteiger partial charge in [-0.15, -0.1) is 0 Å². The van der Waals surface area contributed by atoms with Gasteiger partial charge >= 0.3 is 0 Å². The largest absolute Gasteiger partial charge is 0.0940 e. The fraction of sp³-hybridized carbons (Fsp3) is 0.455. The zero-order valence-corrected chi connectivity index (χ0v) is 8.70. The highest BCUT2D eigenvalue weighted by atomic mass is 15.1. The van der Waals surface area contributed by atoms with Crippen molar-refractivity contribution in [1.82, 2.24) is 0 Å². The molecule has 0 aliphatic heterocycles. The number of hydrogen-bond donors (Lipinski definition) is 0. The number of benzene rings is 1. The Balaban J connectivity index is 2.54. The Hall–Kier alpha value is -1.47. The highest BCUT2D eigenvalue weighted by molar-refractivity contribution is 5.30. The van der Waals surface area contributed by atoms with Crippen LogP contribution in [0, 0.1) is 13.8 Å². The summed E-state index contributed by atoms with van der Waals surface area (Å²) in [5, 5.41) is 3.51. The van der Waals surface area contributed by atoms with Gasteiger partial charge < -0.3 is 0 Å². The summed E-state index contributed by atoms with van der Waals surface area (Å²) in [5.41, 5.74) is 12.1. The zero-order valence-electron chi connectivity index (χ0n) is 8.70. The summed E-state index contributed by atoms with van der Waals surface area (Å²) in [7, 11) is 0. The van der Waals surface area contributed by atoms with Crippen LogP contribution in [0.1, 0.15) is 23.1 Å². The summed E-state index contributed by atoms with van der Waals surface area (Å²) in [4.78, 5) is 2.73. The van der Waals surface area contributed by atoms with Crippen LogP contribution in [0.25, 0.3) is 10.4 Å². The van der Waals surface area contributed by atoms with E-state index in [2.05, 4.69) is 42.1 Å². The molecule has 0 fully saturated rings. The minimum Gasteiger partial charge on any atom is -0.0940 e. The van der Waals surface area contributed by atoms with Crippen LogP contribution in [-0.2, 0) is 6.42 Å². The van der Waals surface area contributed by atoms with Crippen LogP contribution >= 0.6 is 0 Å². The van der Waals surface area contributed by atoms with E-state index in [1.807, 2.05) is 0 Å². The van der Waals surface area contributed by atoms with Gasteiger partial charge in [0, 0.05) is 11.5 Å². The monoisotopic (exact) mass is 189 g/mol. The summed E-state index contributed by atoms with van der Waals surface area (Å²) in [5.74, 6) is 0. The van der Waals surface area contributed by atoms with Crippen LogP contribution in [0.3, 0.4) is 0 Å². The fourth-order valence-corrected chi connectivity index (χ4v) is 1.51. The van der Waals surface area contributed by atoms with Crippen molar-refractivity contribution in [3.8, 4) is 0 Å². The quantitative estimate of drug-likeness (QED) is 0.301. The molecule has 0 amide bonds. The Labute approximate surface area is 84.4 Å². The van der Waals surface area contributed by atoms with Gasteiger partial charge in [-0.3, -0.25) is 0 Å². The molecule has 0 saturated carbocycles. The first-order chi connectivity index (χ1) is 6.74. The van der Waals surface area contributed by atoms with E-state index >= 15 is 0 Å². The minimum absolute atomic E-state index is 0.587. The molecule has 1 aromatic carbocycles. The Morgan fingerprint density at radius 3 is 2.79 bits per heavy atom. The predicted molar refractivity (Wildman–Crippen MR) is 58.3 cm³/mol. The first-order valence-electron chi connectivity index (χ1n) is 4.81. The van der Waals surface area contributed by atoms with E-state index in [9.17, 15) is 0 Å². The van der Waals surface area contributed by atoms with Crippen molar-refractivity contribution in [3.05, 3.63) is 45.3 Å². The maximum absolute atomic E-state index is 8.11. The van der Waals surface area contributed by atoms with Gasteiger partial charge in [-0.25, -0.2) is 0 Å². The highest BCUT2D eigenvalue weighted by Crippen LogP contribution is 2.12. The predicted octanol–water partition coefficient (Wildman–Crippen LogP) is 3.55. The van der Waals surface area contributed by atoms with Gasteiger partial charge in [-0.1, -0.05) is 28.9 Å². The summed E-state index contributed by atoms with van der Waals surface area (Å²) < 4.78 is 0. The molecular formula is C11H15N3. The standard InChI is InChI=1S/C11H15N3/c1-9-5-6-11(10(2)8-9)4-3-7-13-14-12/h5-6,8H,3-4,7H2,1-2H3. The lowest BCUT2D eigenvalue weighted by molar-refractivity contribution is 0.822.